The molecule has 4 unspecified atom stereocenters. The van der Waals surface area contributed by atoms with Gasteiger partial charge in [-0.25, -0.2) is 0 Å². The Morgan fingerprint density at radius 1 is 0.907 bits per heavy atom. The lowest BCUT2D eigenvalue weighted by Crippen LogP contribution is -2.59. The van der Waals surface area contributed by atoms with E-state index in [0.29, 0.717) is 6.42 Å². The Hall–Kier alpha value is -3.25. The molecule has 4 N–H and O–H groups in total. The van der Waals surface area contributed by atoms with Crippen LogP contribution in [0.25, 0.3) is 10.8 Å². The molecule has 5 atom stereocenters. The van der Waals surface area contributed by atoms with Gasteiger partial charge in [0.1, 0.15) is 30.8 Å². The van der Waals surface area contributed by atoms with E-state index in [4.69, 9.17) is 4.74 Å². The Morgan fingerprint density at radius 3 is 2.44 bits per heavy atom. The Balaban J connectivity index is 1.68. The molecular weight excluding hydrogens is 588 g/mol. The molecule has 0 aliphatic carbocycles. The number of carbonyl (C=O) groups is 5. The predicted octanol–water partition coefficient (Wildman–Crippen LogP) is 2.74. The minimum Gasteiger partial charge on any atom is -0.460 e. The number of hydrogen-bond acceptors (Lipinski definition) is 8. The molecule has 0 spiro atoms. The maximum atomic E-state index is 13.7. The molecule has 2 saturated heterocycles. The molecule has 2 bridgehead atoms. The molecule has 2 fully saturated rings. The monoisotopic (exact) mass is 628 g/mol. The normalized spacial score (nSPS) is 27.0. The van der Waals surface area contributed by atoms with Crippen LogP contribution >= 0.6 is 21.6 Å². The van der Waals surface area contributed by atoms with Crippen molar-refractivity contribution in [3.63, 3.8) is 0 Å². The molecule has 43 heavy (non-hydrogen) atoms. The Kier molecular flexibility index (Phi) is 11.7. The van der Waals surface area contributed by atoms with Gasteiger partial charge in [0, 0.05) is 17.9 Å². The van der Waals surface area contributed by atoms with Crippen molar-refractivity contribution in [2.45, 2.75) is 70.7 Å². The van der Waals surface area contributed by atoms with Crippen molar-refractivity contribution < 1.29 is 28.7 Å². The van der Waals surface area contributed by atoms with Crippen molar-refractivity contribution in [1.29, 1.82) is 0 Å². The number of rotatable bonds is 3. The number of ether oxygens (including phenoxy) is 1. The molecule has 2 aromatic rings. The van der Waals surface area contributed by atoms with Crippen LogP contribution in [0.2, 0.25) is 0 Å². The van der Waals surface area contributed by atoms with Crippen molar-refractivity contribution in [2.75, 3.05) is 18.1 Å². The number of fused-ring (bicyclic) bond motifs is 8. The Bertz CT molecular complexity index is 1340. The van der Waals surface area contributed by atoms with E-state index in [0.717, 1.165) is 28.5 Å². The molecule has 12 heteroatoms. The van der Waals surface area contributed by atoms with Crippen LogP contribution in [0.4, 0.5) is 0 Å². The third kappa shape index (κ3) is 9.37. The van der Waals surface area contributed by atoms with Crippen molar-refractivity contribution in [1.82, 2.24) is 21.3 Å². The van der Waals surface area contributed by atoms with Crippen LogP contribution in [0.5, 0.6) is 0 Å². The standard InChI is InChI=1S/C31H40N4O6S2/c1-18(2)28-31(40)34-24-17-43-42-12-6-7-19(3)25(15-26(36)35-28)41-27(37)16-32-29(38)23(33-30(24)39)14-20-10-11-21-8-4-5-9-22(21)13-20/h4-5,8-11,13,18-19,23-25,28H,6-7,12,14-17H2,1-3H3,(H,32,38)(H,33,39)(H,34,40)(H,35,36)/t19?,23?,24?,25?,28-/m1/s1. The van der Waals surface area contributed by atoms with Crippen LogP contribution in [-0.2, 0) is 35.1 Å². The van der Waals surface area contributed by atoms with Gasteiger partial charge in [-0.3, -0.25) is 24.0 Å². The molecular formula is C31H40N4O6S2. The predicted molar refractivity (Wildman–Crippen MR) is 169 cm³/mol. The van der Waals surface area contributed by atoms with E-state index in [9.17, 15) is 24.0 Å². The van der Waals surface area contributed by atoms with Crippen molar-refractivity contribution in [2.24, 2.45) is 11.8 Å². The van der Waals surface area contributed by atoms with E-state index in [1.807, 2.05) is 49.4 Å². The molecule has 10 nitrogen and oxygen atoms in total. The highest BCUT2D eigenvalue weighted by molar-refractivity contribution is 8.76. The van der Waals surface area contributed by atoms with Gasteiger partial charge < -0.3 is 26.0 Å². The second kappa shape index (κ2) is 15.5. The van der Waals surface area contributed by atoms with Gasteiger partial charge in [-0.05, 0) is 41.0 Å². The second-order valence-corrected chi connectivity index (χ2v) is 14.1. The lowest BCUT2D eigenvalue weighted by atomic mass is 9.95. The SMILES string of the molecule is CC1CCCSSCC2NC(=O)[C@@H](C(C)C)NC(=O)CC1OC(=O)CNC(=O)C(Cc1ccc3ccccc3c1)NC2=O. The van der Waals surface area contributed by atoms with Gasteiger partial charge in [0.2, 0.25) is 23.6 Å². The fraction of sp³-hybridized carbons (Fsp3) is 0.516. The number of benzene rings is 2. The lowest BCUT2D eigenvalue weighted by Gasteiger charge is -2.28. The lowest BCUT2D eigenvalue weighted by molar-refractivity contribution is -0.153. The van der Waals surface area contributed by atoms with E-state index in [1.54, 1.807) is 24.6 Å². The van der Waals surface area contributed by atoms with E-state index < -0.39 is 60.4 Å². The molecule has 2 aromatic carbocycles. The zero-order chi connectivity index (χ0) is 30.9. The second-order valence-electron chi connectivity index (χ2n) is 11.5. The smallest absolute Gasteiger partial charge is 0.325 e. The average molecular weight is 629 g/mol. The summed E-state index contributed by atoms with van der Waals surface area (Å²) >= 11 is 0. The van der Waals surface area contributed by atoms with Gasteiger partial charge in [-0.15, -0.1) is 0 Å². The van der Waals surface area contributed by atoms with Crippen LogP contribution < -0.4 is 21.3 Å². The number of esters is 1. The Morgan fingerprint density at radius 2 is 1.67 bits per heavy atom. The van der Waals surface area contributed by atoms with E-state index >= 15 is 0 Å². The fourth-order valence-corrected chi connectivity index (χ4v) is 7.43. The van der Waals surface area contributed by atoms with Crippen molar-refractivity contribution in [3.05, 3.63) is 48.0 Å². The molecule has 2 aliphatic heterocycles. The molecule has 0 saturated carbocycles. The van der Waals surface area contributed by atoms with Gasteiger partial charge >= 0.3 is 5.97 Å². The average Bonchev–Trinajstić information content (AvgIpc) is 2.97. The quantitative estimate of drug-likeness (QED) is 0.300. The summed E-state index contributed by atoms with van der Waals surface area (Å²) in [4.78, 5) is 66.5. The highest BCUT2D eigenvalue weighted by atomic mass is 33.1. The topological polar surface area (TPSA) is 143 Å². The highest BCUT2D eigenvalue weighted by Crippen LogP contribution is 2.27. The maximum Gasteiger partial charge on any atom is 0.325 e. The highest BCUT2D eigenvalue weighted by Gasteiger charge is 2.33. The molecule has 2 aliphatic rings. The van der Waals surface area contributed by atoms with Crippen molar-refractivity contribution in [3.8, 4) is 0 Å². The number of nitrogens with one attached hydrogen (secondary N) is 4. The Labute approximate surface area is 260 Å². The van der Waals surface area contributed by atoms with Crippen LogP contribution in [0.1, 0.15) is 45.6 Å². The van der Waals surface area contributed by atoms with Gasteiger partial charge in [0.05, 0.1) is 6.42 Å². The largest absolute Gasteiger partial charge is 0.460 e. The summed E-state index contributed by atoms with van der Waals surface area (Å²) in [6, 6.07) is 10.8. The first kappa shape index (κ1) is 32.7. The number of amides is 4. The van der Waals surface area contributed by atoms with Crippen LogP contribution in [0.15, 0.2) is 42.5 Å². The first-order chi connectivity index (χ1) is 20.6. The minimum absolute atomic E-state index is 0.117. The zero-order valence-corrected chi connectivity index (χ0v) is 26.4. The van der Waals surface area contributed by atoms with E-state index in [2.05, 4.69) is 21.3 Å². The summed E-state index contributed by atoms with van der Waals surface area (Å²) in [5.41, 5.74) is 0.823. The van der Waals surface area contributed by atoms with Gasteiger partial charge in [0.25, 0.3) is 0 Å². The molecule has 0 aromatic heterocycles. The summed E-state index contributed by atoms with van der Waals surface area (Å²) in [5.74, 6) is -2.01. The molecule has 2 heterocycles. The summed E-state index contributed by atoms with van der Waals surface area (Å²) in [6.45, 7) is 5.13. The maximum absolute atomic E-state index is 13.7. The molecule has 232 valence electrons. The van der Waals surface area contributed by atoms with Gasteiger partial charge in [-0.1, -0.05) is 84.8 Å². The van der Waals surface area contributed by atoms with Crippen molar-refractivity contribution >= 4 is 62.0 Å². The minimum atomic E-state index is -1.02. The zero-order valence-electron chi connectivity index (χ0n) is 24.7. The van der Waals surface area contributed by atoms with E-state index in [-0.39, 0.29) is 30.4 Å². The molecule has 0 radical (unpaired) electrons. The van der Waals surface area contributed by atoms with Crippen LogP contribution in [0.3, 0.4) is 0 Å². The third-order valence-electron chi connectivity index (χ3n) is 7.70. The van der Waals surface area contributed by atoms with Crippen LogP contribution in [-0.4, -0.2) is 71.9 Å². The van der Waals surface area contributed by atoms with Gasteiger partial charge in [0.15, 0.2) is 0 Å². The summed E-state index contributed by atoms with van der Waals surface area (Å²) < 4.78 is 5.73. The van der Waals surface area contributed by atoms with E-state index in [1.165, 1.54) is 10.8 Å². The summed E-state index contributed by atoms with van der Waals surface area (Å²) in [7, 11) is 3.06. The van der Waals surface area contributed by atoms with Gasteiger partial charge in [-0.2, -0.15) is 0 Å². The first-order valence-corrected chi connectivity index (χ1v) is 17.2. The first-order valence-electron chi connectivity index (χ1n) is 14.7. The number of hydrogen-bond donors (Lipinski definition) is 4. The fourth-order valence-electron chi connectivity index (χ4n) is 5.15. The molecule has 4 amide bonds. The number of carbonyl (C=O) groups excluding carboxylic acids is 5. The third-order valence-corrected chi connectivity index (χ3v) is 10.2. The summed E-state index contributed by atoms with van der Waals surface area (Å²) in [6.07, 6.45) is 0.861. The molecule has 4 rings (SSSR count). The van der Waals surface area contributed by atoms with Crippen LogP contribution in [0, 0.1) is 11.8 Å². The summed E-state index contributed by atoms with van der Waals surface area (Å²) in [5, 5.41) is 13.1.